The molecule has 8 aromatic carbocycles. The lowest BCUT2D eigenvalue weighted by molar-refractivity contribution is 0.669. The Bertz CT molecular complexity index is 3240. The third-order valence-electron chi connectivity index (χ3n) is 10.7. The van der Waals surface area contributed by atoms with Gasteiger partial charge in [0.25, 0.3) is 0 Å². The fourth-order valence-corrected chi connectivity index (χ4v) is 8.02. The van der Waals surface area contributed by atoms with E-state index in [0.717, 1.165) is 66.5 Å². The molecule has 5 heteroatoms. The number of hydrogen-bond acceptors (Lipinski definition) is 4. The minimum atomic E-state index is 0.578. The van der Waals surface area contributed by atoms with Crippen LogP contribution in [0.5, 0.6) is 0 Å². The summed E-state index contributed by atoms with van der Waals surface area (Å²) in [4.78, 5) is 15.3. The largest absolute Gasteiger partial charge is 0.456 e. The summed E-state index contributed by atoms with van der Waals surface area (Å²) in [5.74, 6) is 1.78. The summed E-state index contributed by atoms with van der Waals surface area (Å²) in [5.41, 5.74) is 12.3. The molecule has 11 aromatic rings. The molecule has 3 aromatic heterocycles. The van der Waals surface area contributed by atoms with Gasteiger partial charge in [-0.15, -0.1) is 0 Å². The summed E-state index contributed by atoms with van der Waals surface area (Å²) in [5, 5.41) is 4.56. The van der Waals surface area contributed by atoms with E-state index >= 15 is 0 Å². The molecular formula is C51H32N4O. The van der Waals surface area contributed by atoms with Crippen molar-refractivity contribution in [3.63, 3.8) is 0 Å². The monoisotopic (exact) mass is 716 g/mol. The molecule has 0 radical (unpaired) electrons. The molecule has 0 amide bonds. The quantitative estimate of drug-likeness (QED) is 0.172. The van der Waals surface area contributed by atoms with Crippen LogP contribution in [0.3, 0.4) is 0 Å². The molecule has 0 bridgehead atoms. The lowest BCUT2D eigenvalue weighted by Gasteiger charge is -2.12. The SMILES string of the molecule is c1ccc(-c2ccc3c4ccccc4n(-c4cccc(-c5nc(-c6ccccc6)nc(-c6ccc7c(c6)oc6cccc(-c8ccccc8)c67)n5)c4)c3c2)cc1. The highest BCUT2D eigenvalue weighted by Crippen LogP contribution is 2.39. The fourth-order valence-electron chi connectivity index (χ4n) is 8.02. The summed E-state index contributed by atoms with van der Waals surface area (Å²) < 4.78 is 8.84. The van der Waals surface area contributed by atoms with E-state index in [1.807, 2.05) is 48.5 Å². The van der Waals surface area contributed by atoms with Crippen LogP contribution < -0.4 is 0 Å². The maximum absolute atomic E-state index is 6.50. The first-order valence-electron chi connectivity index (χ1n) is 18.8. The maximum atomic E-state index is 6.50. The predicted molar refractivity (Wildman–Crippen MR) is 229 cm³/mol. The summed E-state index contributed by atoms with van der Waals surface area (Å²) in [6.07, 6.45) is 0. The van der Waals surface area contributed by atoms with Crippen molar-refractivity contribution in [2.45, 2.75) is 0 Å². The van der Waals surface area contributed by atoms with E-state index in [9.17, 15) is 0 Å². The van der Waals surface area contributed by atoms with Crippen LogP contribution in [-0.4, -0.2) is 19.5 Å². The molecule has 5 nitrogen and oxygen atoms in total. The van der Waals surface area contributed by atoms with Crippen LogP contribution in [0.1, 0.15) is 0 Å². The highest BCUT2D eigenvalue weighted by Gasteiger charge is 2.18. The van der Waals surface area contributed by atoms with E-state index in [-0.39, 0.29) is 0 Å². The topological polar surface area (TPSA) is 56.7 Å². The number of nitrogens with zero attached hydrogens (tertiary/aromatic N) is 4. The number of fused-ring (bicyclic) bond motifs is 6. The average molecular weight is 717 g/mol. The minimum absolute atomic E-state index is 0.578. The fraction of sp³-hybridized carbons (Fsp3) is 0. The summed E-state index contributed by atoms with van der Waals surface area (Å²) >= 11 is 0. The van der Waals surface area contributed by atoms with Gasteiger partial charge in [-0.25, -0.2) is 15.0 Å². The van der Waals surface area contributed by atoms with Crippen LogP contribution in [0.15, 0.2) is 199 Å². The smallest absolute Gasteiger partial charge is 0.164 e. The number of para-hydroxylation sites is 1. The van der Waals surface area contributed by atoms with Crippen molar-refractivity contribution in [1.29, 1.82) is 0 Å². The van der Waals surface area contributed by atoms with Gasteiger partial charge in [-0.1, -0.05) is 152 Å². The number of benzene rings is 8. The molecule has 0 aliphatic heterocycles. The van der Waals surface area contributed by atoms with E-state index in [1.165, 1.54) is 21.9 Å². The molecule has 0 unspecified atom stereocenters. The standard InChI is InChI=1S/C51H32N4O/c1-4-14-33(15-5-1)36-26-28-42-41-22-10-11-24-44(41)55(45(42)31-36)39-21-12-20-37(30-39)50-52-49(35-18-8-3-9-19-35)53-51(54-50)38-27-29-43-47(32-38)56-46-25-13-23-40(48(43)46)34-16-6-2-7-17-34/h1-32H. The first kappa shape index (κ1) is 31.9. The Morgan fingerprint density at radius 2 is 0.911 bits per heavy atom. The van der Waals surface area contributed by atoms with E-state index in [1.54, 1.807) is 0 Å². The molecule has 0 saturated carbocycles. The Morgan fingerprint density at radius 1 is 0.339 bits per heavy atom. The summed E-state index contributed by atoms with van der Waals surface area (Å²) in [6.45, 7) is 0. The molecule has 0 aliphatic carbocycles. The molecule has 0 aliphatic rings. The Kier molecular flexibility index (Phi) is 7.42. The third kappa shape index (κ3) is 5.37. The molecule has 3 heterocycles. The molecule has 0 atom stereocenters. The third-order valence-corrected chi connectivity index (χ3v) is 10.7. The lowest BCUT2D eigenvalue weighted by Crippen LogP contribution is -2.01. The Morgan fingerprint density at radius 3 is 1.68 bits per heavy atom. The lowest BCUT2D eigenvalue weighted by atomic mass is 9.99. The van der Waals surface area contributed by atoms with E-state index in [2.05, 4.69) is 150 Å². The van der Waals surface area contributed by atoms with Gasteiger partial charge in [-0.2, -0.15) is 0 Å². The summed E-state index contributed by atoms with van der Waals surface area (Å²) in [7, 11) is 0. The van der Waals surface area contributed by atoms with Crippen molar-refractivity contribution in [1.82, 2.24) is 19.5 Å². The number of furan rings is 1. The minimum Gasteiger partial charge on any atom is -0.456 e. The van der Waals surface area contributed by atoms with Gasteiger partial charge in [0.2, 0.25) is 0 Å². The zero-order valence-corrected chi connectivity index (χ0v) is 30.2. The Labute approximate surface area is 322 Å². The van der Waals surface area contributed by atoms with Gasteiger partial charge in [-0.3, -0.25) is 0 Å². The van der Waals surface area contributed by atoms with Gasteiger partial charge in [-0.05, 0) is 64.7 Å². The molecule has 0 fully saturated rings. The van der Waals surface area contributed by atoms with Gasteiger partial charge < -0.3 is 8.98 Å². The maximum Gasteiger partial charge on any atom is 0.164 e. The second kappa shape index (κ2) is 13.0. The first-order chi connectivity index (χ1) is 27.7. The van der Waals surface area contributed by atoms with Crippen LogP contribution in [0, 0.1) is 0 Å². The van der Waals surface area contributed by atoms with Crippen LogP contribution in [0.2, 0.25) is 0 Å². The van der Waals surface area contributed by atoms with Crippen LogP contribution >= 0.6 is 0 Å². The van der Waals surface area contributed by atoms with Crippen LogP contribution in [0.4, 0.5) is 0 Å². The second-order valence-electron chi connectivity index (χ2n) is 14.0. The molecule has 0 N–H and O–H groups in total. The van der Waals surface area contributed by atoms with Gasteiger partial charge >= 0.3 is 0 Å². The molecule has 0 spiro atoms. The van der Waals surface area contributed by atoms with Gasteiger partial charge in [0.15, 0.2) is 17.5 Å². The zero-order chi connectivity index (χ0) is 37.0. The number of rotatable bonds is 6. The van der Waals surface area contributed by atoms with Gasteiger partial charge in [0, 0.05) is 43.9 Å². The highest BCUT2D eigenvalue weighted by molar-refractivity contribution is 6.13. The van der Waals surface area contributed by atoms with Crippen molar-refractivity contribution in [2.24, 2.45) is 0 Å². The van der Waals surface area contributed by atoms with Crippen molar-refractivity contribution in [3.8, 4) is 62.1 Å². The predicted octanol–water partition coefficient (Wildman–Crippen LogP) is 13.2. The van der Waals surface area contributed by atoms with Crippen molar-refractivity contribution < 1.29 is 4.42 Å². The highest BCUT2D eigenvalue weighted by atomic mass is 16.3. The van der Waals surface area contributed by atoms with Gasteiger partial charge in [0.05, 0.1) is 11.0 Å². The second-order valence-corrected chi connectivity index (χ2v) is 14.0. The zero-order valence-electron chi connectivity index (χ0n) is 30.2. The van der Waals surface area contributed by atoms with Gasteiger partial charge in [0.1, 0.15) is 11.2 Å². The van der Waals surface area contributed by atoms with E-state index < -0.39 is 0 Å². The van der Waals surface area contributed by atoms with Crippen molar-refractivity contribution in [3.05, 3.63) is 194 Å². The Hall–Kier alpha value is -7.63. The Balaban J connectivity index is 1.07. The molecule has 262 valence electrons. The van der Waals surface area contributed by atoms with Crippen LogP contribution in [0.25, 0.3) is 106 Å². The van der Waals surface area contributed by atoms with E-state index in [4.69, 9.17) is 19.4 Å². The molecule has 0 saturated heterocycles. The normalized spacial score (nSPS) is 11.6. The number of aromatic nitrogens is 4. The molecular weight excluding hydrogens is 685 g/mol. The van der Waals surface area contributed by atoms with Crippen molar-refractivity contribution in [2.75, 3.05) is 0 Å². The van der Waals surface area contributed by atoms with Crippen LogP contribution in [-0.2, 0) is 0 Å². The summed E-state index contributed by atoms with van der Waals surface area (Å²) in [6, 6.07) is 67.4. The first-order valence-corrected chi connectivity index (χ1v) is 18.8. The average Bonchev–Trinajstić information content (AvgIpc) is 3.82. The van der Waals surface area contributed by atoms with E-state index in [0.29, 0.717) is 17.5 Å². The molecule has 11 rings (SSSR count). The number of hydrogen-bond donors (Lipinski definition) is 0. The molecule has 56 heavy (non-hydrogen) atoms. The van der Waals surface area contributed by atoms with Crippen molar-refractivity contribution >= 4 is 43.7 Å².